The second-order valence-corrected chi connectivity index (χ2v) is 4.42. The Morgan fingerprint density at radius 3 is 3.00 bits per heavy atom. The lowest BCUT2D eigenvalue weighted by molar-refractivity contribution is -0.405. The van der Waals surface area contributed by atoms with Crippen molar-refractivity contribution in [2.24, 2.45) is 0 Å². The molecule has 0 unspecified atom stereocenters. The molecule has 2 rings (SSSR count). The van der Waals surface area contributed by atoms with Crippen molar-refractivity contribution >= 4 is 5.97 Å². The van der Waals surface area contributed by atoms with E-state index < -0.39 is 17.9 Å². The quantitative estimate of drug-likeness (QED) is 0.655. The van der Waals surface area contributed by atoms with Gasteiger partial charge in [0.1, 0.15) is 6.61 Å². The minimum atomic E-state index is -1.53. The van der Waals surface area contributed by atoms with Gasteiger partial charge in [-0.2, -0.15) is 4.89 Å². The lowest BCUT2D eigenvalue weighted by Crippen LogP contribution is -2.43. The van der Waals surface area contributed by atoms with Gasteiger partial charge in [0.2, 0.25) is 5.88 Å². The fourth-order valence-electron chi connectivity index (χ4n) is 2.18. The van der Waals surface area contributed by atoms with Crippen LogP contribution in [0.15, 0.2) is 12.3 Å². The van der Waals surface area contributed by atoms with Gasteiger partial charge in [0.25, 0.3) is 6.29 Å². The molecule has 0 aromatic carbocycles. The Kier molecular flexibility index (Phi) is 4.22. The molecule has 110 valence electrons. The molecule has 7 heteroatoms. The van der Waals surface area contributed by atoms with Crippen LogP contribution in [0.1, 0.15) is 31.4 Å². The van der Waals surface area contributed by atoms with Crippen LogP contribution in [0.3, 0.4) is 0 Å². The maximum atomic E-state index is 11.2. The van der Waals surface area contributed by atoms with Crippen LogP contribution in [-0.2, 0) is 31.5 Å². The topological polar surface area (TPSA) is 87.1 Å². The highest BCUT2D eigenvalue weighted by atomic mass is 17.2. The number of methoxy groups -OCH3 is 1. The van der Waals surface area contributed by atoms with Crippen molar-refractivity contribution in [2.75, 3.05) is 7.11 Å². The van der Waals surface area contributed by atoms with E-state index in [1.54, 1.807) is 13.0 Å². The summed E-state index contributed by atoms with van der Waals surface area (Å²) >= 11 is 0. The molecule has 1 aliphatic heterocycles. The summed E-state index contributed by atoms with van der Waals surface area (Å²) in [7, 11) is 1.48. The summed E-state index contributed by atoms with van der Waals surface area (Å²) in [6, 6.07) is 1.63. The van der Waals surface area contributed by atoms with Gasteiger partial charge in [-0.15, -0.1) is 0 Å². The Labute approximate surface area is 116 Å². The zero-order chi connectivity index (χ0) is 14.8. The smallest absolute Gasteiger partial charge is 0.305 e. The third kappa shape index (κ3) is 2.47. The summed E-state index contributed by atoms with van der Waals surface area (Å²) < 4.78 is 10.2. The third-order valence-corrected chi connectivity index (χ3v) is 3.24. The van der Waals surface area contributed by atoms with Crippen LogP contribution in [0.5, 0.6) is 5.88 Å². The van der Waals surface area contributed by atoms with Gasteiger partial charge in [-0.25, -0.2) is 9.87 Å². The van der Waals surface area contributed by atoms with Gasteiger partial charge in [0, 0.05) is 24.2 Å². The molecule has 0 fully saturated rings. The molecule has 0 spiro atoms. The molecule has 7 nitrogen and oxygen atoms in total. The van der Waals surface area contributed by atoms with Crippen molar-refractivity contribution in [1.29, 1.82) is 0 Å². The van der Waals surface area contributed by atoms with E-state index in [1.165, 1.54) is 20.2 Å². The second-order valence-electron chi connectivity index (χ2n) is 4.42. The summed E-state index contributed by atoms with van der Waals surface area (Å²) in [5, 5.41) is 10.9. The first-order chi connectivity index (χ1) is 9.52. The Bertz CT molecular complexity index is 506. The van der Waals surface area contributed by atoms with E-state index in [0.29, 0.717) is 17.0 Å². The van der Waals surface area contributed by atoms with Crippen molar-refractivity contribution < 1.29 is 29.1 Å². The number of rotatable bonds is 3. The van der Waals surface area contributed by atoms with Crippen LogP contribution in [0.25, 0.3) is 0 Å². The van der Waals surface area contributed by atoms with Crippen molar-refractivity contribution in [1.82, 2.24) is 4.98 Å². The van der Waals surface area contributed by atoms with Crippen molar-refractivity contribution in [3.8, 4) is 5.88 Å². The Balaban J connectivity index is 2.52. The van der Waals surface area contributed by atoms with Crippen LogP contribution in [0.2, 0.25) is 0 Å². The van der Waals surface area contributed by atoms with Gasteiger partial charge < -0.3 is 14.6 Å². The number of ether oxygens (including phenoxy) is 2. The highest BCUT2D eigenvalue weighted by molar-refractivity contribution is 5.66. The molecule has 0 saturated carbocycles. The molecule has 1 aromatic rings. The molecular formula is C13H17NO6. The molecule has 2 heterocycles. The first kappa shape index (κ1) is 14.7. The average molecular weight is 283 g/mol. The average Bonchev–Trinajstić information content (AvgIpc) is 2.57. The predicted molar refractivity (Wildman–Crippen MR) is 66.4 cm³/mol. The molecule has 1 aliphatic rings. The van der Waals surface area contributed by atoms with Gasteiger partial charge in [-0.1, -0.05) is 6.92 Å². The molecule has 0 radical (unpaired) electrons. The number of esters is 1. The summed E-state index contributed by atoms with van der Waals surface area (Å²) in [6.07, 6.45) is 0.515. The van der Waals surface area contributed by atoms with E-state index in [1.807, 2.05) is 0 Å². The normalized spacial score (nSPS) is 25.5. The summed E-state index contributed by atoms with van der Waals surface area (Å²) in [5.74, 6) is -0.239. The van der Waals surface area contributed by atoms with E-state index in [2.05, 4.69) is 4.98 Å². The maximum absolute atomic E-state index is 11.2. The molecule has 0 aliphatic carbocycles. The fourth-order valence-corrected chi connectivity index (χ4v) is 2.18. The molecule has 20 heavy (non-hydrogen) atoms. The highest BCUT2D eigenvalue weighted by Crippen LogP contribution is 2.39. The first-order valence-electron chi connectivity index (χ1n) is 6.23. The number of hydrogen-bond donors (Lipinski definition) is 1. The summed E-state index contributed by atoms with van der Waals surface area (Å²) in [4.78, 5) is 25.3. The minimum absolute atomic E-state index is 0.0341. The summed E-state index contributed by atoms with van der Waals surface area (Å²) in [6.45, 7) is 3.02. The van der Waals surface area contributed by atoms with E-state index in [-0.39, 0.29) is 13.0 Å². The van der Waals surface area contributed by atoms with Crippen LogP contribution in [0, 0.1) is 0 Å². The number of carbonyl (C=O) groups is 1. The zero-order valence-corrected chi connectivity index (χ0v) is 11.6. The Hall–Kier alpha value is -1.70. The van der Waals surface area contributed by atoms with Gasteiger partial charge in [-0.3, -0.25) is 4.79 Å². The highest BCUT2D eigenvalue weighted by Gasteiger charge is 2.45. The van der Waals surface area contributed by atoms with Gasteiger partial charge in [0.15, 0.2) is 5.60 Å². The minimum Gasteiger partial charge on any atom is -0.481 e. The SMILES string of the molecule is CC[C@]1(O)c2ccnc(OC)c2COO[C@H]1OC(C)=O. The summed E-state index contributed by atoms with van der Waals surface area (Å²) in [5.41, 5.74) is -0.460. The van der Waals surface area contributed by atoms with Crippen LogP contribution < -0.4 is 4.74 Å². The number of aromatic nitrogens is 1. The number of hydrogen-bond acceptors (Lipinski definition) is 7. The van der Waals surface area contributed by atoms with E-state index in [0.717, 1.165) is 0 Å². The molecule has 0 saturated heterocycles. The Morgan fingerprint density at radius 2 is 2.40 bits per heavy atom. The molecule has 2 atom stereocenters. The molecule has 1 N–H and O–H groups in total. The fraction of sp³-hybridized carbons (Fsp3) is 0.538. The standard InChI is InChI=1S/C13H17NO6/c1-4-13(16)10-5-6-14-11(17-3)9(10)7-18-20-12(13)19-8(2)15/h5-6,12,16H,4,7H2,1-3H3/t12-,13+/m1/s1. The van der Waals surface area contributed by atoms with Crippen LogP contribution in [-0.4, -0.2) is 29.5 Å². The second kappa shape index (κ2) is 5.74. The number of carbonyl (C=O) groups excluding carboxylic acids is 1. The first-order valence-corrected chi connectivity index (χ1v) is 6.23. The molecule has 1 aromatic heterocycles. The lowest BCUT2D eigenvalue weighted by Gasteiger charge is -2.32. The van der Waals surface area contributed by atoms with Crippen LogP contribution in [0.4, 0.5) is 0 Å². The maximum Gasteiger partial charge on any atom is 0.305 e. The zero-order valence-electron chi connectivity index (χ0n) is 11.6. The largest absolute Gasteiger partial charge is 0.481 e. The van der Waals surface area contributed by atoms with E-state index in [9.17, 15) is 9.90 Å². The van der Waals surface area contributed by atoms with Gasteiger partial charge >= 0.3 is 5.97 Å². The van der Waals surface area contributed by atoms with Crippen molar-refractivity contribution in [2.45, 2.75) is 38.8 Å². The van der Waals surface area contributed by atoms with Crippen molar-refractivity contribution in [3.63, 3.8) is 0 Å². The predicted octanol–water partition coefficient (Wildman–Crippen LogP) is 1.04. The van der Waals surface area contributed by atoms with Crippen molar-refractivity contribution in [3.05, 3.63) is 23.4 Å². The lowest BCUT2D eigenvalue weighted by atomic mass is 9.88. The van der Waals surface area contributed by atoms with Crippen LogP contribution >= 0.6 is 0 Å². The number of nitrogens with zero attached hydrogens (tertiary/aromatic N) is 1. The van der Waals surface area contributed by atoms with E-state index >= 15 is 0 Å². The molecule has 0 amide bonds. The molecule has 0 bridgehead atoms. The molecular weight excluding hydrogens is 266 g/mol. The Morgan fingerprint density at radius 1 is 1.65 bits per heavy atom. The number of pyridine rings is 1. The van der Waals surface area contributed by atoms with Gasteiger partial charge in [0.05, 0.1) is 7.11 Å². The number of aliphatic hydroxyl groups is 1. The van der Waals surface area contributed by atoms with E-state index in [4.69, 9.17) is 19.2 Å². The van der Waals surface area contributed by atoms with Gasteiger partial charge in [-0.05, 0) is 12.5 Å². The third-order valence-electron chi connectivity index (χ3n) is 3.24. The number of fused-ring (bicyclic) bond motifs is 1. The monoisotopic (exact) mass is 283 g/mol.